The molecule has 0 unspecified atom stereocenters. The second-order valence-electron chi connectivity index (χ2n) is 7.97. The van der Waals surface area contributed by atoms with Crippen molar-refractivity contribution in [2.24, 2.45) is 0 Å². The number of nitro groups is 1. The molecule has 1 saturated heterocycles. The van der Waals surface area contributed by atoms with Crippen molar-refractivity contribution in [2.45, 2.75) is 25.9 Å². The van der Waals surface area contributed by atoms with Crippen LogP contribution in [0.1, 0.15) is 24.1 Å². The molecule has 170 valence electrons. The van der Waals surface area contributed by atoms with Crippen LogP contribution >= 0.6 is 0 Å². The molecule has 1 N–H and O–H groups in total. The topological polar surface area (TPSA) is 110 Å². The summed E-state index contributed by atoms with van der Waals surface area (Å²) in [5.41, 5.74) is 1.17. The number of carbonyl (C=O) groups excluding carboxylic acids is 1. The maximum absolute atomic E-state index is 12.9. The summed E-state index contributed by atoms with van der Waals surface area (Å²) in [4.78, 5) is 37.8. The average Bonchev–Trinajstić information content (AvgIpc) is 3.35. The molecule has 1 aliphatic rings. The van der Waals surface area contributed by atoms with E-state index in [1.807, 2.05) is 18.2 Å². The number of nitro benzene ring substituents is 1. The molecule has 1 amide bonds. The minimum Gasteiger partial charge on any atom is -0.347 e. The number of aromatic nitrogens is 2. The third kappa shape index (κ3) is 5.50. The molecule has 1 aromatic heterocycles. The SMILES string of the molecule is O=C(/C=C/c1ccc([N+](=O)[O-])cc1)NCc1nn(CCN2CCCC2)c(=O)c2ccccc12. The zero-order chi connectivity index (χ0) is 23.2. The van der Waals surface area contributed by atoms with E-state index in [0.29, 0.717) is 23.2 Å². The number of nitrogens with zero attached hydrogens (tertiary/aromatic N) is 4. The minimum atomic E-state index is -0.470. The molecule has 1 fully saturated rings. The van der Waals surface area contributed by atoms with Crippen LogP contribution in [-0.2, 0) is 17.9 Å². The van der Waals surface area contributed by atoms with Crippen LogP contribution in [0.4, 0.5) is 5.69 Å². The molecule has 4 rings (SSSR count). The molecule has 0 bridgehead atoms. The van der Waals surface area contributed by atoms with Crippen LogP contribution < -0.4 is 10.9 Å². The highest BCUT2D eigenvalue weighted by molar-refractivity contribution is 5.92. The summed E-state index contributed by atoms with van der Waals surface area (Å²) in [6.07, 6.45) is 5.32. The quantitative estimate of drug-likeness (QED) is 0.323. The fourth-order valence-electron chi connectivity index (χ4n) is 3.94. The van der Waals surface area contributed by atoms with E-state index >= 15 is 0 Å². The average molecular weight is 447 g/mol. The van der Waals surface area contributed by atoms with Crippen LogP contribution in [0.3, 0.4) is 0 Å². The van der Waals surface area contributed by atoms with Crippen LogP contribution in [0.5, 0.6) is 0 Å². The summed E-state index contributed by atoms with van der Waals surface area (Å²) in [6, 6.07) is 13.2. The van der Waals surface area contributed by atoms with E-state index < -0.39 is 4.92 Å². The van der Waals surface area contributed by atoms with Crippen molar-refractivity contribution in [3.05, 3.63) is 86.3 Å². The van der Waals surface area contributed by atoms with Crippen molar-refractivity contribution in [1.29, 1.82) is 0 Å². The fourth-order valence-corrected chi connectivity index (χ4v) is 3.94. The van der Waals surface area contributed by atoms with Crippen molar-refractivity contribution < 1.29 is 9.72 Å². The molecule has 33 heavy (non-hydrogen) atoms. The fraction of sp³-hybridized carbons (Fsp3) is 0.292. The van der Waals surface area contributed by atoms with Gasteiger partial charge in [0.2, 0.25) is 5.91 Å². The molecule has 1 aliphatic heterocycles. The van der Waals surface area contributed by atoms with Crippen molar-refractivity contribution >= 4 is 28.4 Å². The zero-order valence-corrected chi connectivity index (χ0v) is 18.1. The molecule has 3 aromatic rings. The first-order valence-electron chi connectivity index (χ1n) is 10.9. The van der Waals surface area contributed by atoms with Crippen LogP contribution in [0, 0.1) is 10.1 Å². The standard InChI is InChI=1S/C24H25N5O4/c30-23(12-9-18-7-10-19(11-8-18)29(32)33)25-17-22-20-5-1-2-6-21(20)24(31)28(26-22)16-15-27-13-3-4-14-27/h1-2,5-12H,3-4,13-17H2,(H,25,30)/b12-9+. The maximum atomic E-state index is 12.9. The van der Waals surface area contributed by atoms with Gasteiger partial charge >= 0.3 is 0 Å². The summed E-state index contributed by atoms with van der Waals surface area (Å²) < 4.78 is 1.49. The van der Waals surface area contributed by atoms with Crippen molar-refractivity contribution in [3.8, 4) is 0 Å². The molecule has 2 aromatic carbocycles. The summed E-state index contributed by atoms with van der Waals surface area (Å²) in [5, 5.41) is 19.4. The largest absolute Gasteiger partial charge is 0.347 e. The lowest BCUT2D eigenvalue weighted by atomic mass is 10.1. The number of likely N-dealkylation sites (tertiary alicyclic amines) is 1. The van der Waals surface area contributed by atoms with E-state index in [-0.39, 0.29) is 23.7 Å². The number of hydrogen-bond donors (Lipinski definition) is 1. The van der Waals surface area contributed by atoms with Gasteiger partial charge in [-0.2, -0.15) is 5.10 Å². The first-order chi connectivity index (χ1) is 16.0. The second kappa shape index (κ2) is 10.2. The Balaban J connectivity index is 1.46. The van der Waals surface area contributed by atoms with Gasteiger partial charge in [0, 0.05) is 30.1 Å². The molecule has 0 atom stereocenters. The Kier molecular flexibility index (Phi) is 6.89. The third-order valence-corrected chi connectivity index (χ3v) is 5.73. The Bertz CT molecular complexity index is 1240. The molecule has 9 heteroatoms. The van der Waals surface area contributed by atoms with Crippen LogP contribution in [0.25, 0.3) is 16.8 Å². The Morgan fingerprint density at radius 3 is 2.45 bits per heavy atom. The number of hydrogen-bond acceptors (Lipinski definition) is 6. The van der Waals surface area contributed by atoms with Crippen molar-refractivity contribution in [2.75, 3.05) is 19.6 Å². The monoisotopic (exact) mass is 447 g/mol. The second-order valence-corrected chi connectivity index (χ2v) is 7.97. The van der Waals surface area contributed by atoms with Gasteiger partial charge in [0.25, 0.3) is 11.2 Å². The Morgan fingerprint density at radius 1 is 1.06 bits per heavy atom. The van der Waals surface area contributed by atoms with Gasteiger partial charge in [-0.3, -0.25) is 19.7 Å². The van der Waals surface area contributed by atoms with Crippen LogP contribution in [0.15, 0.2) is 59.4 Å². The number of rotatable bonds is 8. The highest BCUT2D eigenvalue weighted by Crippen LogP contribution is 2.15. The number of fused-ring (bicyclic) bond motifs is 1. The van der Waals surface area contributed by atoms with Gasteiger partial charge in [0.1, 0.15) is 0 Å². The van der Waals surface area contributed by atoms with Gasteiger partial charge in [0.15, 0.2) is 0 Å². The minimum absolute atomic E-state index is 0.00518. The molecule has 0 radical (unpaired) electrons. The molecule has 9 nitrogen and oxygen atoms in total. The summed E-state index contributed by atoms with van der Waals surface area (Å²) in [5.74, 6) is -0.325. The van der Waals surface area contributed by atoms with E-state index in [1.54, 1.807) is 24.3 Å². The highest BCUT2D eigenvalue weighted by Gasteiger charge is 2.14. The first kappa shape index (κ1) is 22.3. The summed E-state index contributed by atoms with van der Waals surface area (Å²) in [6.45, 7) is 3.55. The van der Waals surface area contributed by atoms with Crippen molar-refractivity contribution in [1.82, 2.24) is 20.0 Å². The number of nitrogens with one attached hydrogen (secondary N) is 1. The first-order valence-corrected chi connectivity index (χ1v) is 10.9. The van der Waals surface area contributed by atoms with Crippen LogP contribution in [0.2, 0.25) is 0 Å². The third-order valence-electron chi connectivity index (χ3n) is 5.73. The number of benzene rings is 2. The van der Waals surface area contributed by atoms with E-state index in [9.17, 15) is 19.7 Å². The number of non-ortho nitro benzene ring substituents is 1. The van der Waals surface area contributed by atoms with Gasteiger partial charge < -0.3 is 10.2 Å². The van der Waals surface area contributed by atoms with Crippen molar-refractivity contribution in [3.63, 3.8) is 0 Å². The van der Waals surface area contributed by atoms with E-state index in [0.717, 1.165) is 25.0 Å². The van der Waals surface area contributed by atoms with E-state index in [2.05, 4.69) is 15.3 Å². The van der Waals surface area contributed by atoms with E-state index in [4.69, 9.17) is 0 Å². The molecule has 0 aliphatic carbocycles. The molecule has 0 saturated carbocycles. The normalized spacial score (nSPS) is 14.2. The Hall–Kier alpha value is -3.85. The maximum Gasteiger partial charge on any atom is 0.274 e. The Morgan fingerprint density at radius 2 is 1.76 bits per heavy atom. The number of amides is 1. The van der Waals surface area contributed by atoms with Gasteiger partial charge in [-0.15, -0.1) is 0 Å². The van der Waals surface area contributed by atoms with Crippen LogP contribution in [-0.4, -0.2) is 45.1 Å². The predicted octanol–water partition coefficient (Wildman–Crippen LogP) is 2.73. The van der Waals surface area contributed by atoms with Gasteiger partial charge in [0.05, 0.1) is 29.1 Å². The van der Waals surface area contributed by atoms with Gasteiger partial charge in [-0.25, -0.2) is 4.68 Å². The smallest absolute Gasteiger partial charge is 0.274 e. The lowest BCUT2D eigenvalue weighted by Crippen LogP contribution is -2.32. The van der Waals surface area contributed by atoms with E-state index in [1.165, 1.54) is 35.7 Å². The molecular formula is C24H25N5O4. The lowest BCUT2D eigenvalue weighted by Gasteiger charge is -2.16. The Labute approximate surface area is 190 Å². The van der Waals surface area contributed by atoms with Gasteiger partial charge in [-0.05, 0) is 55.8 Å². The number of carbonyl (C=O) groups is 1. The summed E-state index contributed by atoms with van der Waals surface area (Å²) in [7, 11) is 0. The molecular weight excluding hydrogens is 422 g/mol. The van der Waals surface area contributed by atoms with Gasteiger partial charge in [-0.1, -0.05) is 18.2 Å². The zero-order valence-electron chi connectivity index (χ0n) is 18.1. The molecule has 2 heterocycles. The summed E-state index contributed by atoms with van der Waals surface area (Å²) >= 11 is 0. The molecule has 0 spiro atoms. The lowest BCUT2D eigenvalue weighted by molar-refractivity contribution is -0.384. The highest BCUT2D eigenvalue weighted by atomic mass is 16.6. The predicted molar refractivity (Wildman–Crippen MR) is 126 cm³/mol.